The van der Waals surface area contributed by atoms with Gasteiger partial charge in [0, 0.05) is 19.2 Å². The van der Waals surface area contributed by atoms with Crippen LogP contribution < -0.4 is 11.1 Å². The van der Waals surface area contributed by atoms with Gasteiger partial charge in [-0.3, -0.25) is 19.3 Å². The number of nitrogens with one attached hydrogen (secondary N) is 1. The molecule has 1 aliphatic rings. The largest absolute Gasteiger partial charge is 0.398 e. The van der Waals surface area contributed by atoms with Crippen LogP contribution in [-0.4, -0.2) is 49.2 Å². The Labute approximate surface area is 128 Å². The van der Waals surface area contributed by atoms with Crippen LogP contribution in [0.5, 0.6) is 0 Å². The third-order valence-corrected chi connectivity index (χ3v) is 3.61. The molecule has 0 spiro atoms. The Balaban J connectivity index is 2.53. The molecule has 112 valence electrons. The van der Waals surface area contributed by atoms with E-state index in [1.165, 1.54) is 25.2 Å². The molecule has 0 bridgehead atoms. The van der Waals surface area contributed by atoms with E-state index < -0.39 is 23.2 Å². The fourth-order valence-corrected chi connectivity index (χ4v) is 2.50. The highest BCUT2D eigenvalue weighted by Gasteiger charge is 2.50. The molecule has 22 heavy (non-hydrogen) atoms. The van der Waals surface area contributed by atoms with Crippen molar-refractivity contribution < 1.29 is 19.2 Å². The Morgan fingerprint density at radius 2 is 2.09 bits per heavy atom. The van der Waals surface area contributed by atoms with Gasteiger partial charge in [0.1, 0.15) is 14.1 Å². The number of likely N-dealkylation sites (N-methyl/N-ethyl adjacent to an activating group) is 1. The average Bonchev–Trinajstić information content (AvgIpc) is 2.77. The quantitative estimate of drug-likeness (QED) is 0.328. The second-order valence-corrected chi connectivity index (χ2v) is 4.92. The van der Waals surface area contributed by atoms with Crippen molar-refractivity contribution in [2.45, 2.75) is 18.3 Å². The number of aldehydes is 1. The first-order chi connectivity index (χ1) is 10.4. The van der Waals surface area contributed by atoms with Crippen LogP contribution in [0.4, 0.5) is 5.69 Å². The van der Waals surface area contributed by atoms with Gasteiger partial charge >= 0.3 is 0 Å². The van der Waals surface area contributed by atoms with E-state index in [2.05, 4.69) is 5.32 Å². The summed E-state index contributed by atoms with van der Waals surface area (Å²) < 4.78 is 0. The Kier molecular flexibility index (Phi) is 4.03. The summed E-state index contributed by atoms with van der Waals surface area (Å²) >= 11 is 0. The molecular formula is C14H14BN3O4. The lowest BCUT2D eigenvalue weighted by atomic mass is 9.71. The van der Waals surface area contributed by atoms with Crippen LogP contribution in [0.15, 0.2) is 18.2 Å². The van der Waals surface area contributed by atoms with Crippen LogP contribution >= 0.6 is 0 Å². The zero-order chi connectivity index (χ0) is 16.5. The minimum Gasteiger partial charge on any atom is -0.398 e. The van der Waals surface area contributed by atoms with Crippen LogP contribution in [0.2, 0.25) is 0 Å². The lowest BCUT2D eigenvalue weighted by molar-refractivity contribution is -0.126. The van der Waals surface area contributed by atoms with Crippen molar-refractivity contribution in [1.82, 2.24) is 10.2 Å². The second-order valence-electron chi connectivity index (χ2n) is 4.92. The van der Waals surface area contributed by atoms with E-state index in [0.29, 0.717) is 11.2 Å². The molecule has 8 heteroatoms. The number of nitrogens with two attached hydrogens (primary N) is 1. The molecule has 1 aromatic rings. The highest BCUT2D eigenvalue weighted by Crippen LogP contribution is 2.33. The molecule has 0 saturated carbocycles. The molecule has 1 aromatic carbocycles. The monoisotopic (exact) mass is 299 g/mol. The smallest absolute Gasteiger partial charge is 0.263 e. The van der Waals surface area contributed by atoms with Gasteiger partial charge in [-0.25, -0.2) is 0 Å². The van der Waals surface area contributed by atoms with E-state index >= 15 is 0 Å². The number of rotatable bonds is 5. The van der Waals surface area contributed by atoms with Crippen LogP contribution in [-0.2, 0) is 9.59 Å². The molecule has 0 saturated heterocycles. The van der Waals surface area contributed by atoms with Gasteiger partial charge in [0.25, 0.3) is 11.8 Å². The van der Waals surface area contributed by atoms with Crippen molar-refractivity contribution >= 4 is 37.5 Å². The molecule has 0 fully saturated rings. The van der Waals surface area contributed by atoms with Gasteiger partial charge in [-0.15, -0.1) is 0 Å². The lowest BCUT2D eigenvalue weighted by Gasteiger charge is -2.35. The second kappa shape index (κ2) is 5.63. The highest BCUT2D eigenvalue weighted by atomic mass is 16.2. The van der Waals surface area contributed by atoms with Gasteiger partial charge < -0.3 is 15.8 Å². The van der Waals surface area contributed by atoms with Gasteiger partial charge in [-0.1, -0.05) is 6.07 Å². The number of anilines is 1. The molecule has 7 nitrogen and oxygen atoms in total. The molecule has 3 amide bonds. The van der Waals surface area contributed by atoms with Crippen LogP contribution in [0.3, 0.4) is 0 Å². The Morgan fingerprint density at radius 3 is 2.64 bits per heavy atom. The predicted octanol–water partition coefficient (Wildman–Crippen LogP) is -0.545. The number of carbonyl (C=O) groups is 4. The van der Waals surface area contributed by atoms with E-state index in [-0.39, 0.29) is 29.7 Å². The molecule has 0 aliphatic carbocycles. The first-order valence-corrected chi connectivity index (χ1v) is 6.60. The normalized spacial score (nSPS) is 16.1. The predicted molar refractivity (Wildman–Crippen MR) is 79.2 cm³/mol. The maximum absolute atomic E-state index is 12.5. The van der Waals surface area contributed by atoms with E-state index in [0.717, 1.165) is 0 Å². The van der Waals surface area contributed by atoms with Gasteiger partial charge in [0.2, 0.25) is 5.91 Å². The number of hydrogen-bond donors (Lipinski definition) is 2. The number of nitrogen functional groups attached to an aromatic ring is 1. The van der Waals surface area contributed by atoms with E-state index in [9.17, 15) is 19.2 Å². The molecular weight excluding hydrogens is 285 g/mol. The highest BCUT2D eigenvalue weighted by molar-refractivity contribution is 6.36. The van der Waals surface area contributed by atoms with Crippen molar-refractivity contribution in [3.63, 3.8) is 0 Å². The number of hydrogen-bond acceptors (Lipinski definition) is 5. The molecule has 3 N–H and O–H groups in total. The van der Waals surface area contributed by atoms with E-state index in [1.807, 2.05) is 0 Å². The van der Waals surface area contributed by atoms with Gasteiger partial charge in [0.15, 0.2) is 0 Å². The summed E-state index contributed by atoms with van der Waals surface area (Å²) in [6, 6.07) is 4.46. The number of amides is 3. The third kappa shape index (κ3) is 2.16. The number of benzene rings is 1. The van der Waals surface area contributed by atoms with Crippen molar-refractivity contribution in [3.05, 3.63) is 29.3 Å². The molecule has 1 aliphatic heterocycles. The van der Waals surface area contributed by atoms with Crippen molar-refractivity contribution in [2.24, 2.45) is 0 Å². The summed E-state index contributed by atoms with van der Waals surface area (Å²) in [7, 11) is 7.36. The minimum atomic E-state index is -1.95. The summed E-state index contributed by atoms with van der Waals surface area (Å²) in [6.45, 7) is 0. The summed E-state index contributed by atoms with van der Waals surface area (Å²) in [5, 5.41) is 2.32. The maximum Gasteiger partial charge on any atom is 0.263 e. The standard InChI is InChI=1S/C14H14BN3O4/c1-17-13(22)14(15,6-3-7-19)18-11(20)8-4-2-5-9(16)10(8)12(18)21/h2,4-5,7H,3,6,16H2,1H3,(H,17,22). The number of carbonyl (C=O) groups excluding carboxylic acids is 4. The number of fused-ring (bicyclic) bond motifs is 1. The average molecular weight is 299 g/mol. The number of nitrogens with zero attached hydrogens (tertiary/aromatic N) is 1. The Morgan fingerprint density at radius 1 is 1.41 bits per heavy atom. The zero-order valence-corrected chi connectivity index (χ0v) is 12.0. The van der Waals surface area contributed by atoms with Gasteiger partial charge in [-0.05, 0) is 18.6 Å². The molecule has 1 heterocycles. The summed E-state index contributed by atoms with van der Waals surface area (Å²) in [5.74, 6) is -2.18. The van der Waals surface area contributed by atoms with Gasteiger partial charge in [-0.2, -0.15) is 0 Å². The first kappa shape index (κ1) is 15.7. The fourth-order valence-electron chi connectivity index (χ4n) is 2.50. The molecule has 1 unspecified atom stereocenters. The topological polar surface area (TPSA) is 110 Å². The molecule has 0 aromatic heterocycles. The zero-order valence-electron chi connectivity index (χ0n) is 12.0. The lowest BCUT2D eigenvalue weighted by Crippen LogP contribution is -2.61. The van der Waals surface area contributed by atoms with Crippen LogP contribution in [0.25, 0.3) is 0 Å². The Hall–Kier alpha value is -2.64. The van der Waals surface area contributed by atoms with Crippen LogP contribution in [0.1, 0.15) is 33.6 Å². The first-order valence-electron chi connectivity index (χ1n) is 6.60. The van der Waals surface area contributed by atoms with E-state index in [1.54, 1.807) is 0 Å². The number of imide groups is 1. The van der Waals surface area contributed by atoms with Crippen LogP contribution in [0, 0.1) is 0 Å². The summed E-state index contributed by atoms with van der Waals surface area (Å²) in [5.41, 5.74) is 4.04. The van der Waals surface area contributed by atoms with Crippen molar-refractivity contribution in [3.8, 4) is 0 Å². The fraction of sp³-hybridized carbons (Fsp3) is 0.286. The SMILES string of the molecule is [B]C(CCC=O)(C(=O)NC)N1C(=O)c2cccc(N)c2C1=O. The van der Waals surface area contributed by atoms with Crippen molar-refractivity contribution in [1.29, 1.82) is 0 Å². The molecule has 1 atom stereocenters. The Bertz CT molecular complexity index is 676. The van der Waals surface area contributed by atoms with Crippen molar-refractivity contribution in [2.75, 3.05) is 12.8 Å². The minimum absolute atomic E-state index is 0.0253. The van der Waals surface area contributed by atoms with Gasteiger partial charge in [0.05, 0.1) is 16.6 Å². The molecule has 2 radical (unpaired) electrons. The summed E-state index contributed by atoms with van der Waals surface area (Å²) in [6.07, 6.45) is 0.311. The third-order valence-electron chi connectivity index (χ3n) is 3.61. The maximum atomic E-state index is 12.5. The van der Waals surface area contributed by atoms with E-state index in [4.69, 9.17) is 13.6 Å². The summed E-state index contributed by atoms with van der Waals surface area (Å²) in [4.78, 5) is 48.4. The molecule has 2 rings (SSSR count).